The first kappa shape index (κ1) is 13.5. The Morgan fingerprint density at radius 2 is 1.90 bits per heavy atom. The van der Waals surface area contributed by atoms with E-state index < -0.39 is 0 Å². The van der Waals surface area contributed by atoms with Crippen molar-refractivity contribution in [2.24, 2.45) is 5.92 Å². The molecule has 20 heavy (non-hydrogen) atoms. The quantitative estimate of drug-likeness (QED) is 0.829. The van der Waals surface area contributed by atoms with Crippen molar-refractivity contribution >= 4 is 5.91 Å². The first-order valence-electron chi connectivity index (χ1n) is 7.66. The molecule has 0 spiro atoms. The third-order valence-corrected chi connectivity index (χ3v) is 4.80. The van der Waals surface area contributed by atoms with Crippen LogP contribution in [0, 0.1) is 5.92 Å². The lowest BCUT2D eigenvalue weighted by Gasteiger charge is -2.34. The van der Waals surface area contributed by atoms with Crippen molar-refractivity contribution in [2.75, 3.05) is 7.05 Å². The van der Waals surface area contributed by atoms with Crippen molar-refractivity contribution in [3.05, 3.63) is 29.8 Å². The molecule has 1 heterocycles. The SMILES string of the molecule is CC1CCC(N(C)C(=O)C2Cc3ccccc3O2)CC1. The van der Waals surface area contributed by atoms with Gasteiger partial charge in [0, 0.05) is 19.5 Å². The van der Waals surface area contributed by atoms with Crippen LogP contribution in [-0.2, 0) is 11.2 Å². The van der Waals surface area contributed by atoms with E-state index in [-0.39, 0.29) is 12.0 Å². The Bertz CT molecular complexity index is 467. The molecule has 0 N–H and O–H groups in total. The Morgan fingerprint density at radius 3 is 2.60 bits per heavy atom. The van der Waals surface area contributed by atoms with Crippen LogP contribution in [0.15, 0.2) is 24.3 Å². The van der Waals surface area contributed by atoms with E-state index in [0.29, 0.717) is 12.5 Å². The summed E-state index contributed by atoms with van der Waals surface area (Å²) in [7, 11) is 1.94. The first-order valence-corrected chi connectivity index (χ1v) is 7.66. The van der Waals surface area contributed by atoms with Gasteiger partial charge in [0.25, 0.3) is 5.91 Å². The lowest BCUT2D eigenvalue weighted by atomic mass is 9.86. The zero-order valence-corrected chi connectivity index (χ0v) is 12.3. The number of likely N-dealkylation sites (N-methyl/N-ethyl adjacent to an activating group) is 1. The number of ether oxygens (including phenoxy) is 1. The van der Waals surface area contributed by atoms with Crippen molar-refractivity contribution < 1.29 is 9.53 Å². The molecule has 1 atom stereocenters. The van der Waals surface area contributed by atoms with Crippen LogP contribution in [0.1, 0.15) is 38.2 Å². The topological polar surface area (TPSA) is 29.5 Å². The van der Waals surface area contributed by atoms with Crippen LogP contribution in [-0.4, -0.2) is 30.0 Å². The summed E-state index contributed by atoms with van der Waals surface area (Å²) in [5.41, 5.74) is 1.15. The summed E-state index contributed by atoms with van der Waals surface area (Å²) in [6.07, 6.45) is 5.10. The minimum Gasteiger partial charge on any atom is -0.480 e. The number of carbonyl (C=O) groups excluding carboxylic acids is 1. The molecule has 0 aromatic heterocycles. The Balaban J connectivity index is 1.63. The molecule has 3 heteroatoms. The molecule has 0 bridgehead atoms. The van der Waals surface area contributed by atoms with E-state index in [4.69, 9.17) is 4.74 Å². The Morgan fingerprint density at radius 1 is 1.20 bits per heavy atom. The average molecular weight is 273 g/mol. The second-order valence-corrected chi connectivity index (χ2v) is 6.28. The van der Waals surface area contributed by atoms with Gasteiger partial charge < -0.3 is 9.64 Å². The molecule has 108 valence electrons. The average Bonchev–Trinajstić information content (AvgIpc) is 2.90. The summed E-state index contributed by atoms with van der Waals surface area (Å²) in [4.78, 5) is 14.5. The van der Waals surface area contributed by atoms with E-state index in [1.54, 1.807) is 0 Å². The molecule has 3 rings (SSSR count). The molecule has 1 aliphatic carbocycles. The van der Waals surface area contributed by atoms with Gasteiger partial charge in [0.15, 0.2) is 6.10 Å². The number of hydrogen-bond acceptors (Lipinski definition) is 2. The van der Waals surface area contributed by atoms with E-state index in [1.807, 2.05) is 36.2 Å². The zero-order valence-electron chi connectivity index (χ0n) is 12.3. The highest BCUT2D eigenvalue weighted by atomic mass is 16.5. The summed E-state index contributed by atoms with van der Waals surface area (Å²) in [6.45, 7) is 2.30. The highest BCUT2D eigenvalue weighted by Crippen LogP contribution is 2.31. The smallest absolute Gasteiger partial charge is 0.263 e. The molecular formula is C17H23NO2. The maximum atomic E-state index is 12.6. The number of carbonyl (C=O) groups is 1. The van der Waals surface area contributed by atoms with Gasteiger partial charge in [-0.25, -0.2) is 0 Å². The minimum atomic E-state index is -0.322. The van der Waals surface area contributed by atoms with Gasteiger partial charge in [0.1, 0.15) is 5.75 Å². The van der Waals surface area contributed by atoms with Crippen molar-refractivity contribution in [2.45, 2.75) is 51.2 Å². The summed E-state index contributed by atoms with van der Waals surface area (Å²) in [5.74, 6) is 1.82. The second kappa shape index (κ2) is 5.47. The van der Waals surface area contributed by atoms with E-state index in [9.17, 15) is 4.79 Å². The molecule has 1 aromatic carbocycles. The standard InChI is InChI=1S/C17H23NO2/c1-12-7-9-14(10-8-12)18(2)17(19)16-11-13-5-3-4-6-15(13)20-16/h3-6,12,14,16H,7-11H2,1-2H3. The molecule has 0 saturated heterocycles. The van der Waals surface area contributed by atoms with Crippen molar-refractivity contribution in [1.29, 1.82) is 0 Å². The number of para-hydroxylation sites is 1. The fourth-order valence-electron chi connectivity index (χ4n) is 3.36. The van der Waals surface area contributed by atoms with Crippen molar-refractivity contribution in [3.63, 3.8) is 0 Å². The molecule has 1 saturated carbocycles. The minimum absolute atomic E-state index is 0.140. The Labute approximate surface area is 120 Å². The highest BCUT2D eigenvalue weighted by Gasteiger charge is 2.34. The number of hydrogen-bond donors (Lipinski definition) is 0. The fourth-order valence-corrected chi connectivity index (χ4v) is 3.36. The molecule has 2 aliphatic rings. The molecule has 1 aromatic rings. The van der Waals surface area contributed by atoms with Crippen molar-refractivity contribution in [1.82, 2.24) is 4.90 Å². The number of amides is 1. The largest absolute Gasteiger partial charge is 0.480 e. The molecule has 1 aliphatic heterocycles. The van der Waals surface area contributed by atoms with Crippen LogP contribution in [0.5, 0.6) is 5.75 Å². The van der Waals surface area contributed by atoms with Gasteiger partial charge in [-0.1, -0.05) is 25.1 Å². The monoisotopic (exact) mass is 273 g/mol. The molecular weight excluding hydrogens is 250 g/mol. The van der Waals surface area contributed by atoms with Gasteiger partial charge >= 0.3 is 0 Å². The predicted octanol–water partition coefficient (Wildman–Crippen LogP) is 3.03. The number of rotatable bonds is 2. The van der Waals surface area contributed by atoms with Crippen molar-refractivity contribution in [3.8, 4) is 5.75 Å². The summed E-state index contributed by atoms with van der Waals surface area (Å²) < 4.78 is 5.81. The van der Waals surface area contributed by atoms with Gasteiger partial charge in [-0.05, 0) is 43.2 Å². The second-order valence-electron chi connectivity index (χ2n) is 6.28. The molecule has 0 radical (unpaired) electrons. The van der Waals surface area contributed by atoms with E-state index in [0.717, 1.165) is 30.1 Å². The van der Waals surface area contributed by atoms with Gasteiger partial charge in [0.05, 0.1) is 0 Å². The zero-order chi connectivity index (χ0) is 14.1. The highest BCUT2D eigenvalue weighted by molar-refractivity contribution is 5.82. The molecule has 1 fully saturated rings. The van der Waals surface area contributed by atoms with Gasteiger partial charge in [0.2, 0.25) is 0 Å². The summed E-state index contributed by atoms with van der Waals surface area (Å²) >= 11 is 0. The molecule has 1 amide bonds. The van der Waals surface area contributed by atoms with E-state index in [1.165, 1.54) is 12.8 Å². The van der Waals surface area contributed by atoms with Gasteiger partial charge in [-0.3, -0.25) is 4.79 Å². The van der Waals surface area contributed by atoms with Crippen LogP contribution in [0.2, 0.25) is 0 Å². The number of nitrogens with zero attached hydrogens (tertiary/aromatic N) is 1. The molecule has 3 nitrogen and oxygen atoms in total. The maximum Gasteiger partial charge on any atom is 0.263 e. The van der Waals surface area contributed by atoms with E-state index in [2.05, 4.69) is 6.92 Å². The van der Waals surface area contributed by atoms with Crippen LogP contribution in [0.25, 0.3) is 0 Å². The summed E-state index contributed by atoms with van der Waals surface area (Å²) in [6, 6.07) is 8.35. The fraction of sp³-hybridized carbons (Fsp3) is 0.588. The van der Waals surface area contributed by atoms with Gasteiger partial charge in [-0.2, -0.15) is 0 Å². The third-order valence-electron chi connectivity index (χ3n) is 4.80. The lowest BCUT2D eigenvalue weighted by Crippen LogP contribution is -2.45. The van der Waals surface area contributed by atoms with Crippen LogP contribution in [0.4, 0.5) is 0 Å². The number of fused-ring (bicyclic) bond motifs is 1. The predicted molar refractivity (Wildman–Crippen MR) is 78.8 cm³/mol. The Kier molecular flexibility index (Phi) is 3.68. The normalized spacial score (nSPS) is 28.6. The maximum absolute atomic E-state index is 12.6. The van der Waals surface area contributed by atoms with Crippen LogP contribution in [0.3, 0.4) is 0 Å². The third kappa shape index (κ3) is 2.54. The lowest BCUT2D eigenvalue weighted by molar-refractivity contribution is -0.139. The molecule has 1 unspecified atom stereocenters. The summed E-state index contributed by atoms with van der Waals surface area (Å²) in [5, 5.41) is 0. The van der Waals surface area contributed by atoms with Crippen LogP contribution >= 0.6 is 0 Å². The number of benzene rings is 1. The van der Waals surface area contributed by atoms with Gasteiger partial charge in [-0.15, -0.1) is 0 Å². The first-order chi connectivity index (χ1) is 9.65. The Hall–Kier alpha value is -1.51. The van der Waals surface area contributed by atoms with Crippen LogP contribution < -0.4 is 4.74 Å². The van der Waals surface area contributed by atoms with E-state index >= 15 is 0 Å².